The lowest BCUT2D eigenvalue weighted by Crippen LogP contribution is -2.51. The van der Waals surface area contributed by atoms with Gasteiger partial charge in [0, 0.05) is 0 Å². The summed E-state index contributed by atoms with van der Waals surface area (Å²) in [5, 5.41) is 13.1. The van der Waals surface area contributed by atoms with Gasteiger partial charge in [0.2, 0.25) is 0 Å². The SMILES string of the molecule is CC(C)C[C@H](NC(=O)OC(C)(C)C)[C@@H](O)[C@]1(C)CO1. The third-order valence-corrected chi connectivity index (χ3v) is 3.03. The first kappa shape index (κ1) is 16.2. The Morgan fingerprint density at radius 1 is 1.47 bits per heavy atom. The third kappa shape index (κ3) is 5.37. The summed E-state index contributed by atoms with van der Waals surface area (Å²) in [7, 11) is 0. The molecule has 112 valence electrons. The Labute approximate surface area is 115 Å². The van der Waals surface area contributed by atoms with Gasteiger partial charge in [0.15, 0.2) is 0 Å². The average molecular weight is 273 g/mol. The fourth-order valence-electron chi connectivity index (χ4n) is 1.94. The first-order valence-electron chi connectivity index (χ1n) is 6.85. The maximum Gasteiger partial charge on any atom is 0.407 e. The van der Waals surface area contributed by atoms with Crippen molar-refractivity contribution in [3.63, 3.8) is 0 Å². The number of aliphatic hydroxyl groups is 1. The molecule has 5 nitrogen and oxygen atoms in total. The van der Waals surface area contributed by atoms with E-state index in [2.05, 4.69) is 5.32 Å². The summed E-state index contributed by atoms with van der Waals surface area (Å²) in [6.07, 6.45) is -0.539. The molecule has 19 heavy (non-hydrogen) atoms. The van der Waals surface area contributed by atoms with Crippen molar-refractivity contribution in [3.05, 3.63) is 0 Å². The molecule has 5 heteroatoms. The molecule has 0 unspecified atom stereocenters. The van der Waals surface area contributed by atoms with E-state index in [0.717, 1.165) is 0 Å². The second kappa shape index (κ2) is 5.67. The fourth-order valence-corrected chi connectivity index (χ4v) is 1.94. The number of alkyl carbamates (subject to hydrolysis) is 1. The number of aliphatic hydroxyl groups excluding tert-OH is 1. The highest BCUT2D eigenvalue weighted by atomic mass is 16.6. The van der Waals surface area contributed by atoms with Crippen LogP contribution < -0.4 is 5.32 Å². The molecule has 0 spiro atoms. The molecule has 0 radical (unpaired) electrons. The van der Waals surface area contributed by atoms with E-state index in [-0.39, 0.29) is 6.04 Å². The Kier molecular flexibility index (Phi) is 4.85. The van der Waals surface area contributed by atoms with Crippen LogP contribution in [0.2, 0.25) is 0 Å². The van der Waals surface area contributed by atoms with Crippen molar-refractivity contribution < 1.29 is 19.4 Å². The van der Waals surface area contributed by atoms with E-state index in [9.17, 15) is 9.90 Å². The number of amides is 1. The monoisotopic (exact) mass is 273 g/mol. The zero-order chi connectivity index (χ0) is 14.8. The predicted octanol–water partition coefficient (Wildman–Crippen LogP) is 2.08. The van der Waals surface area contributed by atoms with Gasteiger partial charge in [-0.3, -0.25) is 0 Å². The van der Waals surface area contributed by atoms with Crippen molar-refractivity contribution in [3.8, 4) is 0 Å². The first-order valence-corrected chi connectivity index (χ1v) is 6.85. The third-order valence-electron chi connectivity index (χ3n) is 3.03. The van der Waals surface area contributed by atoms with Crippen molar-refractivity contribution in [1.29, 1.82) is 0 Å². The highest BCUT2D eigenvalue weighted by Gasteiger charge is 2.50. The molecule has 1 rings (SSSR count). The molecule has 0 aromatic heterocycles. The molecule has 1 fully saturated rings. The van der Waals surface area contributed by atoms with E-state index in [1.807, 2.05) is 41.5 Å². The maximum atomic E-state index is 11.8. The number of ether oxygens (including phenoxy) is 2. The minimum absolute atomic E-state index is 0.358. The van der Waals surface area contributed by atoms with Crippen LogP contribution in [0.3, 0.4) is 0 Å². The summed E-state index contributed by atoms with van der Waals surface area (Å²) in [6, 6.07) is -0.359. The molecule has 1 saturated heterocycles. The number of carbonyl (C=O) groups is 1. The van der Waals surface area contributed by atoms with Gasteiger partial charge in [-0.2, -0.15) is 0 Å². The number of hydrogen-bond acceptors (Lipinski definition) is 4. The van der Waals surface area contributed by atoms with E-state index in [1.54, 1.807) is 0 Å². The van der Waals surface area contributed by atoms with Crippen LogP contribution in [-0.4, -0.2) is 41.2 Å². The lowest BCUT2D eigenvalue weighted by Gasteiger charge is -2.29. The van der Waals surface area contributed by atoms with Crippen molar-refractivity contribution in [2.45, 2.75) is 71.3 Å². The van der Waals surface area contributed by atoms with Gasteiger partial charge in [-0.15, -0.1) is 0 Å². The second-order valence-corrected chi connectivity index (χ2v) is 6.93. The summed E-state index contributed by atoms with van der Waals surface area (Å²) in [5.41, 5.74) is -1.08. The van der Waals surface area contributed by atoms with Gasteiger partial charge in [-0.25, -0.2) is 4.79 Å². The number of carbonyl (C=O) groups excluding carboxylic acids is 1. The van der Waals surface area contributed by atoms with Crippen molar-refractivity contribution >= 4 is 6.09 Å². The van der Waals surface area contributed by atoms with Gasteiger partial charge in [-0.1, -0.05) is 13.8 Å². The van der Waals surface area contributed by atoms with Crippen molar-refractivity contribution in [1.82, 2.24) is 5.32 Å². The molecule has 3 atom stereocenters. The number of epoxide rings is 1. The van der Waals surface area contributed by atoms with E-state index in [4.69, 9.17) is 9.47 Å². The van der Waals surface area contributed by atoms with E-state index in [1.165, 1.54) is 0 Å². The van der Waals surface area contributed by atoms with E-state index in [0.29, 0.717) is 18.9 Å². The Bertz CT molecular complexity index is 318. The molecule has 0 aromatic carbocycles. The Morgan fingerprint density at radius 3 is 2.37 bits per heavy atom. The van der Waals surface area contributed by atoms with Gasteiger partial charge in [0.1, 0.15) is 17.3 Å². The lowest BCUT2D eigenvalue weighted by atomic mass is 9.92. The standard InChI is InChI=1S/C14H27NO4/c1-9(2)7-10(11(16)14(6)8-18-14)15-12(17)19-13(3,4)5/h9-11,16H,7-8H2,1-6H3,(H,15,17)/t10-,11+,14-/m0/s1. The molecule has 1 amide bonds. The molecular formula is C14H27NO4. The molecule has 0 bridgehead atoms. The Morgan fingerprint density at radius 2 is 2.00 bits per heavy atom. The molecule has 0 aromatic rings. The van der Waals surface area contributed by atoms with Crippen molar-refractivity contribution in [2.24, 2.45) is 5.92 Å². The van der Waals surface area contributed by atoms with Crippen LogP contribution in [-0.2, 0) is 9.47 Å². The minimum Gasteiger partial charge on any atom is -0.444 e. The van der Waals surface area contributed by atoms with Gasteiger partial charge >= 0.3 is 6.09 Å². The highest BCUT2D eigenvalue weighted by molar-refractivity contribution is 5.68. The van der Waals surface area contributed by atoms with Crippen LogP contribution >= 0.6 is 0 Å². The molecule has 0 aliphatic carbocycles. The van der Waals surface area contributed by atoms with Crippen LogP contribution in [0.15, 0.2) is 0 Å². The molecule has 1 aliphatic rings. The smallest absolute Gasteiger partial charge is 0.407 e. The number of nitrogens with one attached hydrogen (secondary N) is 1. The molecular weight excluding hydrogens is 246 g/mol. The van der Waals surface area contributed by atoms with Gasteiger partial charge in [-0.05, 0) is 40.0 Å². The minimum atomic E-state index is -0.720. The zero-order valence-corrected chi connectivity index (χ0v) is 12.8. The van der Waals surface area contributed by atoms with E-state index >= 15 is 0 Å². The predicted molar refractivity (Wildman–Crippen MR) is 73.0 cm³/mol. The summed E-state index contributed by atoms with van der Waals surface area (Å²) in [6.45, 7) is 11.9. The van der Waals surface area contributed by atoms with Crippen LogP contribution in [0, 0.1) is 5.92 Å². The molecule has 1 aliphatic heterocycles. The fraction of sp³-hybridized carbons (Fsp3) is 0.929. The largest absolute Gasteiger partial charge is 0.444 e. The van der Waals surface area contributed by atoms with Crippen LogP contribution in [0.4, 0.5) is 4.79 Å². The summed E-state index contributed by atoms with van der Waals surface area (Å²) in [4.78, 5) is 11.8. The number of rotatable bonds is 5. The van der Waals surface area contributed by atoms with Gasteiger partial charge < -0.3 is 19.9 Å². The zero-order valence-electron chi connectivity index (χ0n) is 12.8. The normalized spacial score (nSPS) is 25.9. The highest BCUT2D eigenvalue weighted by Crippen LogP contribution is 2.33. The van der Waals surface area contributed by atoms with Gasteiger partial charge in [0.05, 0.1) is 12.6 Å². The maximum absolute atomic E-state index is 11.8. The topological polar surface area (TPSA) is 71.1 Å². The van der Waals surface area contributed by atoms with Crippen LogP contribution in [0.5, 0.6) is 0 Å². The number of hydrogen-bond donors (Lipinski definition) is 2. The first-order chi connectivity index (χ1) is 8.53. The summed E-state index contributed by atoms with van der Waals surface area (Å²) >= 11 is 0. The summed E-state index contributed by atoms with van der Waals surface area (Å²) < 4.78 is 10.5. The molecule has 1 heterocycles. The van der Waals surface area contributed by atoms with Crippen LogP contribution in [0.25, 0.3) is 0 Å². The molecule has 2 N–H and O–H groups in total. The molecule has 0 saturated carbocycles. The Hall–Kier alpha value is -0.810. The summed E-state index contributed by atoms with van der Waals surface area (Å²) in [5.74, 6) is 0.358. The lowest BCUT2D eigenvalue weighted by molar-refractivity contribution is 0.0228. The second-order valence-electron chi connectivity index (χ2n) is 6.93. The van der Waals surface area contributed by atoms with Crippen LogP contribution in [0.1, 0.15) is 48.0 Å². The quantitative estimate of drug-likeness (QED) is 0.752. The van der Waals surface area contributed by atoms with Gasteiger partial charge in [0.25, 0.3) is 0 Å². The Balaban J connectivity index is 2.62. The van der Waals surface area contributed by atoms with E-state index < -0.39 is 23.4 Å². The van der Waals surface area contributed by atoms with Crippen molar-refractivity contribution in [2.75, 3.05) is 6.61 Å². The average Bonchev–Trinajstić information content (AvgIpc) is 2.92.